The van der Waals surface area contributed by atoms with Gasteiger partial charge in [0.1, 0.15) is 11.8 Å². The van der Waals surface area contributed by atoms with Crippen LogP contribution in [-0.4, -0.2) is 44.1 Å². The molecule has 1 aliphatic rings. The van der Waals surface area contributed by atoms with E-state index in [9.17, 15) is 4.79 Å². The van der Waals surface area contributed by atoms with E-state index < -0.39 is 5.97 Å². The maximum Gasteiger partial charge on any atom is 0.308 e. The Hall–Kier alpha value is -2.18. The largest absolute Gasteiger partial charge is 0.481 e. The van der Waals surface area contributed by atoms with Gasteiger partial charge in [0.2, 0.25) is 0 Å². The Labute approximate surface area is 103 Å². The third-order valence-corrected chi connectivity index (χ3v) is 3.27. The van der Waals surface area contributed by atoms with Crippen LogP contribution < -0.4 is 4.90 Å². The SMILES string of the molecule is O=C(O)[C@@H]1CCCN(c2ncnc3nc[nH]c23)C1. The molecule has 0 spiro atoms. The highest BCUT2D eigenvalue weighted by Gasteiger charge is 2.27. The molecule has 0 radical (unpaired) electrons. The number of H-pyrrole nitrogens is 1. The lowest BCUT2D eigenvalue weighted by Gasteiger charge is -2.31. The minimum atomic E-state index is -0.741. The molecule has 0 saturated carbocycles. The van der Waals surface area contributed by atoms with Gasteiger partial charge in [-0.3, -0.25) is 4.79 Å². The second-order valence-corrected chi connectivity index (χ2v) is 4.42. The van der Waals surface area contributed by atoms with Gasteiger partial charge in [-0.05, 0) is 12.8 Å². The molecule has 1 atom stereocenters. The first-order chi connectivity index (χ1) is 8.75. The van der Waals surface area contributed by atoms with Crippen LogP contribution in [0.3, 0.4) is 0 Å². The third kappa shape index (κ3) is 1.77. The number of hydrogen-bond acceptors (Lipinski definition) is 5. The van der Waals surface area contributed by atoms with E-state index in [1.54, 1.807) is 6.33 Å². The number of rotatable bonds is 2. The second kappa shape index (κ2) is 4.25. The molecule has 18 heavy (non-hydrogen) atoms. The van der Waals surface area contributed by atoms with Gasteiger partial charge >= 0.3 is 5.97 Å². The van der Waals surface area contributed by atoms with Crippen molar-refractivity contribution in [2.75, 3.05) is 18.0 Å². The first kappa shape index (κ1) is 10.9. The van der Waals surface area contributed by atoms with Crippen LogP contribution in [0.5, 0.6) is 0 Å². The average Bonchev–Trinajstić information content (AvgIpc) is 2.87. The summed E-state index contributed by atoms with van der Waals surface area (Å²) >= 11 is 0. The number of hydrogen-bond donors (Lipinski definition) is 2. The van der Waals surface area contributed by atoms with E-state index in [1.165, 1.54) is 6.33 Å². The molecular weight excluding hydrogens is 234 g/mol. The first-order valence-corrected chi connectivity index (χ1v) is 5.87. The fraction of sp³-hybridized carbons (Fsp3) is 0.455. The molecule has 2 aromatic heterocycles. The van der Waals surface area contributed by atoms with Crippen molar-refractivity contribution in [1.29, 1.82) is 0 Å². The first-order valence-electron chi connectivity index (χ1n) is 5.87. The Kier molecular flexibility index (Phi) is 2.58. The number of fused-ring (bicyclic) bond motifs is 1. The number of carboxylic acid groups (broad SMARTS) is 1. The number of nitrogens with one attached hydrogen (secondary N) is 1. The standard InChI is InChI=1S/C11H13N5O2/c17-11(18)7-2-1-3-16(4-7)10-8-9(13-5-12-8)14-6-15-10/h5-7H,1-4H2,(H,17,18)(H,12,13,14,15)/t7-/m1/s1. The van der Waals surface area contributed by atoms with Gasteiger partial charge < -0.3 is 15.0 Å². The summed E-state index contributed by atoms with van der Waals surface area (Å²) < 4.78 is 0. The van der Waals surface area contributed by atoms with Crippen LogP contribution in [0.25, 0.3) is 11.2 Å². The van der Waals surface area contributed by atoms with Crippen molar-refractivity contribution >= 4 is 23.0 Å². The van der Waals surface area contributed by atoms with Crippen molar-refractivity contribution in [2.24, 2.45) is 5.92 Å². The predicted octanol–water partition coefficient (Wildman–Crippen LogP) is 0.654. The molecule has 0 amide bonds. The van der Waals surface area contributed by atoms with Crippen LogP contribution in [0.4, 0.5) is 5.82 Å². The Morgan fingerprint density at radius 1 is 1.44 bits per heavy atom. The van der Waals surface area contributed by atoms with Gasteiger partial charge in [0.25, 0.3) is 0 Å². The predicted molar refractivity (Wildman–Crippen MR) is 64.3 cm³/mol. The maximum atomic E-state index is 11.1. The van der Waals surface area contributed by atoms with E-state index in [-0.39, 0.29) is 5.92 Å². The number of aliphatic carboxylic acids is 1. The topological polar surface area (TPSA) is 95.0 Å². The highest BCUT2D eigenvalue weighted by atomic mass is 16.4. The molecule has 2 aromatic rings. The second-order valence-electron chi connectivity index (χ2n) is 4.42. The van der Waals surface area contributed by atoms with Crippen molar-refractivity contribution in [3.05, 3.63) is 12.7 Å². The number of piperidine rings is 1. The maximum absolute atomic E-state index is 11.1. The highest BCUT2D eigenvalue weighted by molar-refractivity contribution is 5.83. The molecule has 1 fully saturated rings. The molecule has 1 saturated heterocycles. The van der Waals surface area contributed by atoms with E-state index in [1.807, 2.05) is 4.90 Å². The molecule has 1 aliphatic heterocycles. The summed E-state index contributed by atoms with van der Waals surface area (Å²) in [6, 6.07) is 0. The minimum Gasteiger partial charge on any atom is -0.481 e. The molecule has 3 heterocycles. The third-order valence-electron chi connectivity index (χ3n) is 3.27. The summed E-state index contributed by atoms with van der Waals surface area (Å²) in [5, 5.41) is 9.10. The zero-order valence-electron chi connectivity index (χ0n) is 9.70. The number of aromatic nitrogens is 4. The summed E-state index contributed by atoms with van der Waals surface area (Å²) in [6.07, 6.45) is 4.62. The lowest BCUT2D eigenvalue weighted by molar-refractivity contribution is -0.141. The number of anilines is 1. The average molecular weight is 247 g/mol. The van der Waals surface area contributed by atoms with E-state index in [4.69, 9.17) is 5.11 Å². The quantitative estimate of drug-likeness (QED) is 0.809. The number of carbonyl (C=O) groups is 1. The number of aromatic amines is 1. The summed E-state index contributed by atoms with van der Waals surface area (Å²) in [4.78, 5) is 28.4. The Bertz CT molecular complexity index is 582. The monoisotopic (exact) mass is 247 g/mol. The van der Waals surface area contributed by atoms with Gasteiger partial charge in [-0.1, -0.05) is 0 Å². The fourth-order valence-corrected chi connectivity index (χ4v) is 2.36. The lowest BCUT2D eigenvalue weighted by atomic mass is 9.98. The van der Waals surface area contributed by atoms with Crippen LogP contribution >= 0.6 is 0 Å². The van der Waals surface area contributed by atoms with Gasteiger partial charge in [-0.2, -0.15) is 0 Å². The van der Waals surface area contributed by atoms with Crippen LogP contribution in [-0.2, 0) is 4.79 Å². The van der Waals surface area contributed by atoms with Crippen molar-refractivity contribution in [3.8, 4) is 0 Å². The van der Waals surface area contributed by atoms with E-state index >= 15 is 0 Å². The van der Waals surface area contributed by atoms with Crippen molar-refractivity contribution in [1.82, 2.24) is 19.9 Å². The Morgan fingerprint density at radius 3 is 3.17 bits per heavy atom. The summed E-state index contributed by atoms with van der Waals surface area (Å²) in [5.41, 5.74) is 1.38. The highest BCUT2D eigenvalue weighted by Crippen LogP contribution is 2.25. The Balaban J connectivity index is 1.94. The van der Waals surface area contributed by atoms with Crippen LogP contribution in [0.2, 0.25) is 0 Å². The van der Waals surface area contributed by atoms with E-state index in [0.717, 1.165) is 30.7 Å². The van der Waals surface area contributed by atoms with Crippen LogP contribution in [0, 0.1) is 5.92 Å². The summed E-state index contributed by atoms with van der Waals surface area (Å²) in [7, 11) is 0. The number of carboxylic acids is 1. The molecule has 0 unspecified atom stereocenters. The molecule has 0 bridgehead atoms. The van der Waals surface area contributed by atoms with Gasteiger partial charge in [-0.25, -0.2) is 15.0 Å². The molecule has 94 valence electrons. The van der Waals surface area contributed by atoms with Gasteiger partial charge in [0, 0.05) is 13.1 Å². The number of nitrogens with zero attached hydrogens (tertiary/aromatic N) is 4. The van der Waals surface area contributed by atoms with Crippen LogP contribution in [0.1, 0.15) is 12.8 Å². The molecule has 3 rings (SSSR count). The summed E-state index contributed by atoms with van der Waals surface area (Å²) in [5.74, 6) is -0.329. The molecule has 0 aromatic carbocycles. The molecule has 7 heteroatoms. The molecular formula is C11H13N5O2. The normalized spacial score (nSPS) is 20.2. The molecule has 0 aliphatic carbocycles. The van der Waals surface area contributed by atoms with Crippen LogP contribution in [0.15, 0.2) is 12.7 Å². The Morgan fingerprint density at radius 2 is 2.33 bits per heavy atom. The zero-order valence-corrected chi connectivity index (χ0v) is 9.70. The van der Waals surface area contributed by atoms with E-state index in [0.29, 0.717) is 12.2 Å². The van der Waals surface area contributed by atoms with Gasteiger partial charge in [0.15, 0.2) is 11.5 Å². The zero-order chi connectivity index (χ0) is 12.5. The molecule has 2 N–H and O–H groups in total. The van der Waals surface area contributed by atoms with Crippen molar-refractivity contribution in [3.63, 3.8) is 0 Å². The van der Waals surface area contributed by atoms with Crippen molar-refractivity contribution in [2.45, 2.75) is 12.8 Å². The molecule has 7 nitrogen and oxygen atoms in total. The van der Waals surface area contributed by atoms with Gasteiger partial charge in [-0.15, -0.1) is 0 Å². The number of imidazole rings is 1. The van der Waals surface area contributed by atoms with E-state index in [2.05, 4.69) is 19.9 Å². The smallest absolute Gasteiger partial charge is 0.308 e. The lowest BCUT2D eigenvalue weighted by Crippen LogP contribution is -2.39. The fourth-order valence-electron chi connectivity index (χ4n) is 2.36. The minimum absolute atomic E-state index is 0.327. The van der Waals surface area contributed by atoms with Gasteiger partial charge in [0.05, 0.1) is 12.2 Å². The van der Waals surface area contributed by atoms with Crippen molar-refractivity contribution < 1.29 is 9.90 Å². The summed E-state index contributed by atoms with van der Waals surface area (Å²) in [6.45, 7) is 1.30.